The summed E-state index contributed by atoms with van der Waals surface area (Å²) in [4.78, 5) is 23.7. The fourth-order valence-electron chi connectivity index (χ4n) is 7.38. The third-order valence-electron chi connectivity index (χ3n) is 9.12. The van der Waals surface area contributed by atoms with Crippen LogP contribution in [0.15, 0.2) is 11.6 Å². The fraction of sp³-hybridized carbons (Fsp3) is 0.840. The van der Waals surface area contributed by atoms with Crippen LogP contribution in [0.5, 0.6) is 0 Å². The van der Waals surface area contributed by atoms with E-state index >= 15 is 0 Å². The van der Waals surface area contributed by atoms with Crippen molar-refractivity contribution in [3.05, 3.63) is 11.6 Å². The van der Waals surface area contributed by atoms with Crippen LogP contribution in [0.3, 0.4) is 0 Å². The molecule has 0 heterocycles. The van der Waals surface area contributed by atoms with Crippen LogP contribution in [-0.4, -0.2) is 24.1 Å². The van der Waals surface area contributed by atoms with E-state index < -0.39 is 0 Å². The van der Waals surface area contributed by atoms with Crippen LogP contribution in [-0.2, 0) is 19.1 Å². The Kier molecular flexibility index (Phi) is 5.59. The highest BCUT2D eigenvalue weighted by Crippen LogP contribution is 2.65. The molecule has 3 fully saturated rings. The standard InChI is InChI=1S/C25H38O4/c1-5-22(26)28-17-11-13-24(3)16(15-17)7-8-18-19-9-10-21(29-23(27)6-2)25(19,4)14-12-20(18)24/h7,17-21H,5-6,8-15H2,1-4H3/t17-,18-,19+,20+,21-,24+,25+/m1/s1. The second-order valence-corrected chi connectivity index (χ2v) is 10.4. The summed E-state index contributed by atoms with van der Waals surface area (Å²) in [7, 11) is 0. The molecule has 0 aromatic heterocycles. The summed E-state index contributed by atoms with van der Waals surface area (Å²) in [6.45, 7) is 8.61. The van der Waals surface area contributed by atoms with Crippen molar-refractivity contribution in [3.8, 4) is 0 Å². The highest BCUT2D eigenvalue weighted by atomic mass is 16.5. The van der Waals surface area contributed by atoms with Gasteiger partial charge in [0.15, 0.2) is 0 Å². The predicted molar refractivity (Wildman–Crippen MR) is 112 cm³/mol. The maximum atomic E-state index is 12.0. The predicted octanol–water partition coefficient (Wildman–Crippen LogP) is 5.59. The van der Waals surface area contributed by atoms with Crippen LogP contribution < -0.4 is 0 Å². The van der Waals surface area contributed by atoms with Gasteiger partial charge < -0.3 is 9.47 Å². The fourth-order valence-corrected chi connectivity index (χ4v) is 7.38. The molecule has 0 radical (unpaired) electrons. The lowest BCUT2D eigenvalue weighted by Gasteiger charge is -2.57. The number of esters is 2. The van der Waals surface area contributed by atoms with E-state index in [0.717, 1.165) is 38.5 Å². The molecule has 0 saturated heterocycles. The van der Waals surface area contributed by atoms with Gasteiger partial charge in [0, 0.05) is 24.7 Å². The average molecular weight is 403 g/mol. The van der Waals surface area contributed by atoms with E-state index in [9.17, 15) is 9.59 Å². The second-order valence-electron chi connectivity index (χ2n) is 10.4. The minimum atomic E-state index is -0.0695. The monoisotopic (exact) mass is 402 g/mol. The minimum absolute atomic E-state index is 0.0447. The van der Waals surface area contributed by atoms with E-state index in [-0.39, 0.29) is 35.0 Å². The topological polar surface area (TPSA) is 52.6 Å². The highest BCUT2D eigenvalue weighted by molar-refractivity contribution is 5.69. The van der Waals surface area contributed by atoms with Crippen molar-refractivity contribution in [3.63, 3.8) is 0 Å². The Balaban J connectivity index is 1.51. The van der Waals surface area contributed by atoms with Crippen molar-refractivity contribution >= 4 is 11.9 Å². The Morgan fingerprint density at radius 2 is 1.69 bits per heavy atom. The lowest BCUT2D eigenvalue weighted by molar-refractivity contribution is -0.159. The van der Waals surface area contributed by atoms with Gasteiger partial charge in [-0.05, 0) is 68.1 Å². The first-order valence-corrected chi connectivity index (χ1v) is 11.9. The molecule has 0 unspecified atom stereocenters. The average Bonchev–Trinajstić information content (AvgIpc) is 3.04. The highest BCUT2D eigenvalue weighted by Gasteiger charge is 2.59. The second kappa shape index (κ2) is 7.74. The van der Waals surface area contributed by atoms with Crippen LogP contribution >= 0.6 is 0 Å². The summed E-state index contributed by atoms with van der Waals surface area (Å²) in [5.74, 6) is 1.95. The summed E-state index contributed by atoms with van der Waals surface area (Å²) in [5, 5.41) is 0. The van der Waals surface area contributed by atoms with Gasteiger partial charge in [-0.25, -0.2) is 0 Å². The van der Waals surface area contributed by atoms with E-state index in [1.54, 1.807) is 0 Å². The van der Waals surface area contributed by atoms with Crippen molar-refractivity contribution in [2.45, 2.75) is 104 Å². The van der Waals surface area contributed by atoms with Gasteiger partial charge in [-0.2, -0.15) is 0 Å². The minimum Gasteiger partial charge on any atom is -0.462 e. The largest absolute Gasteiger partial charge is 0.462 e. The van der Waals surface area contributed by atoms with E-state index in [2.05, 4.69) is 19.9 Å². The zero-order chi connectivity index (χ0) is 20.8. The SMILES string of the molecule is CCC(=O)O[C@@H]1CC[C@@]2(C)C(=CC[C@@H]3[C@@H]4CC[C@@H](OC(=O)CC)[C@@]4(C)CC[C@@H]32)C1. The number of ether oxygens (including phenoxy) is 2. The molecule has 0 aromatic carbocycles. The number of allylic oxidation sites excluding steroid dienone is 1. The van der Waals surface area contributed by atoms with Crippen LogP contribution in [0, 0.1) is 28.6 Å². The maximum Gasteiger partial charge on any atom is 0.305 e. The zero-order valence-electron chi connectivity index (χ0n) is 18.7. The molecule has 4 rings (SSSR count). The molecule has 4 nitrogen and oxygen atoms in total. The van der Waals surface area contributed by atoms with E-state index in [0.29, 0.717) is 30.6 Å². The summed E-state index contributed by atoms with van der Waals surface area (Å²) in [6.07, 6.45) is 12.4. The Morgan fingerprint density at radius 1 is 0.966 bits per heavy atom. The number of rotatable bonds is 4. The van der Waals surface area contributed by atoms with Gasteiger partial charge in [0.05, 0.1) is 0 Å². The van der Waals surface area contributed by atoms with Crippen molar-refractivity contribution in [2.24, 2.45) is 28.6 Å². The molecular formula is C25H38O4. The first-order chi connectivity index (χ1) is 13.8. The molecule has 0 amide bonds. The summed E-state index contributed by atoms with van der Waals surface area (Å²) in [6, 6.07) is 0. The Labute approximate surface area is 175 Å². The maximum absolute atomic E-state index is 12.0. The number of fused-ring (bicyclic) bond motifs is 5. The lowest BCUT2D eigenvalue weighted by atomic mass is 9.48. The van der Waals surface area contributed by atoms with Crippen molar-refractivity contribution in [2.75, 3.05) is 0 Å². The molecule has 0 bridgehead atoms. The Hall–Kier alpha value is -1.32. The van der Waals surface area contributed by atoms with E-state index in [1.165, 1.54) is 18.4 Å². The van der Waals surface area contributed by atoms with Crippen LogP contribution in [0.2, 0.25) is 0 Å². The van der Waals surface area contributed by atoms with Crippen molar-refractivity contribution < 1.29 is 19.1 Å². The molecule has 0 aromatic rings. The molecule has 162 valence electrons. The van der Waals surface area contributed by atoms with Crippen molar-refractivity contribution in [1.29, 1.82) is 0 Å². The Morgan fingerprint density at radius 3 is 2.41 bits per heavy atom. The molecular weight excluding hydrogens is 364 g/mol. The van der Waals surface area contributed by atoms with Crippen LogP contribution in [0.25, 0.3) is 0 Å². The van der Waals surface area contributed by atoms with Gasteiger partial charge in [-0.15, -0.1) is 0 Å². The first-order valence-electron chi connectivity index (χ1n) is 11.9. The smallest absolute Gasteiger partial charge is 0.305 e. The van der Waals surface area contributed by atoms with Crippen LogP contribution in [0.4, 0.5) is 0 Å². The third kappa shape index (κ3) is 3.45. The van der Waals surface area contributed by atoms with Crippen LogP contribution in [0.1, 0.15) is 91.9 Å². The number of hydrogen-bond acceptors (Lipinski definition) is 4. The number of carbonyl (C=O) groups is 2. The first kappa shape index (κ1) is 20.9. The zero-order valence-corrected chi connectivity index (χ0v) is 18.7. The van der Waals surface area contributed by atoms with E-state index in [1.807, 2.05) is 13.8 Å². The van der Waals surface area contributed by atoms with Crippen molar-refractivity contribution in [1.82, 2.24) is 0 Å². The molecule has 29 heavy (non-hydrogen) atoms. The molecule has 4 aliphatic carbocycles. The molecule has 4 heteroatoms. The molecule has 0 spiro atoms. The van der Waals surface area contributed by atoms with Gasteiger partial charge in [-0.1, -0.05) is 39.3 Å². The van der Waals surface area contributed by atoms with Gasteiger partial charge in [0.25, 0.3) is 0 Å². The number of hydrogen-bond donors (Lipinski definition) is 0. The molecule has 4 aliphatic rings. The van der Waals surface area contributed by atoms with Gasteiger partial charge in [0.2, 0.25) is 0 Å². The Bertz CT molecular complexity index is 697. The number of carbonyl (C=O) groups excluding carboxylic acids is 2. The third-order valence-corrected chi connectivity index (χ3v) is 9.12. The summed E-state index contributed by atoms with van der Waals surface area (Å²) >= 11 is 0. The molecule has 0 aliphatic heterocycles. The molecule has 0 N–H and O–H groups in total. The van der Waals surface area contributed by atoms with Gasteiger partial charge in [-0.3, -0.25) is 9.59 Å². The van der Waals surface area contributed by atoms with Gasteiger partial charge in [0.1, 0.15) is 12.2 Å². The van der Waals surface area contributed by atoms with Gasteiger partial charge >= 0.3 is 11.9 Å². The summed E-state index contributed by atoms with van der Waals surface area (Å²) in [5.41, 5.74) is 1.92. The molecule has 3 saturated carbocycles. The molecule has 7 atom stereocenters. The summed E-state index contributed by atoms with van der Waals surface area (Å²) < 4.78 is 11.6. The quantitative estimate of drug-likeness (QED) is 0.454. The lowest BCUT2D eigenvalue weighted by Crippen LogP contribution is -2.51. The van der Waals surface area contributed by atoms with E-state index in [4.69, 9.17) is 9.47 Å². The normalized spacial score (nSPS) is 43.4.